The Morgan fingerprint density at radius 1 is 1.58 bits per heavy atom. The highest BCUT2D eigenvalue weighted by molar-refractivity contribution is 5.44. The quantitative estimate of drug-likeness (QED) is 0.631. The van der Waals surface area contributed by atoms with Gasteiger partial charge in [-0.15, -0.1) is 0 Å². The van der Waals surface area contributed by atoms with E-state index in [0.29, 0.717) is 6.04 Å². The van der Waals surface area contributed by atoms with Gasteiger partial charge in [0.2, 0.25) is 0 Å². The first-order chi connectivity index (χ1) is 5.81. The van der Waals surface area contributed by atoms with Crippen LogP contribution in [-0.4, -0.2) is 6.04 Å². The third-order valence-electron chi connectivity index (χ3n) is 3.07. The molecule has 0 aromatic carbocycles. The second-order valence-electron chi connectivity index (χ2n) is 3.87. The van der Waals surface area contributed by atoms with Crippen molar-refractivity contribution in [3.63, 3.8) is 0 Å². The smallest absolute Gasteiger partial charge is 0.00824 e. The molecule has 0 bridgehead atoms. The molecule has 66 valence electrons. The molecule has 0 amide bonds. The molecule has 0 heterocycles. The lowest BCUT2D eigenvalue weighted by molar-refractivity contribution is 0.572. The molecule has 2 aliphatic rings. The van der Waals surface area contributed by atoms with Crippen molar-refractivity contribution < 1.29 is 0 Å². The Labute approximate surface area is 74.3 Å². The lowest BCUT2D eigenvalue weighted by atomic mass is 9.87. The Morgan fingerprint density at radius 2 is 2.42 bits per heavy atom. The largest absolute Gasteiger partial charge is 0.327 e. The number of allylic oxidation sites excluding steroid dienone is 3. The van der Waals surface area contributed by atoms with Crippen LogP contribution in [0.15, 0.2) is 22.8 Å². The first-order valence-electron chi connectivity index (χ1n) is 4.97. The first-order valence-corrected chi connectivity index (χ1v) is 4.97. The minimum atomic E-state index is 0.428. The van der Waals surface area contributed by atoms with Crippen LogP contribution < -0.4 is 5.73 Å². The summed E-state index contributed by atoms with van der Waals surface area (Å²) in [5.41, 5.74) is 10.8. The van der Waals surface area contributed by atoms with E-state index in [1.807, 2.05) is 0 Å². The van der Waals surface area contributed by atoms with E-state index in [9.17, 15) is 0 Å². The summed E-state index contributed by atoms with van der Waals surface area (Å²) in [6.07, 6.45) is 8.37. The van der Waals surface area contributed by atoms with E-state index in [0.717, 1.165) is 6.42 Å². The van der Waals surface area contributed by atoms with Gasteiger partial charge in [0.1, 0.15) is 0 Å². The Balaban J connectivity index is 2.21. The summed E-state index contributed by atoms with van der Waals surface area (Å²) in [6, 6.07) is 0.428. The molecule has 2 aliphatic carbocycles. The molecular formula is C11H17N. The minimum Gasteiger partial charge on any atom is -0.327 e. The SMILES string of the molecule is CCC1=CCC2=C1CC(N)CC2. The highest BCUT2D eigenvalue weighted by Crippen LogP contribution is 2.37. The molecule has 0 aromatic heterocycles. The molecule has 0 aromatic rings. The Hall–Kier alpha value is -0.560. The highest BCUT2D eigenvalue weighted by atomic mass is 14.6. The van der Waals surface area contributed by atoms with Gasteiger partial charge in [-0.2, -0.15) is 0 Å². The molecule has 1 atom stereocenters. The molecule has 0 saturated heterocycles. The topological polar surface area (TPSA) is 26.0 Å². The number of nitrogens with two attached hydrogens (primary N) is 1. The second kappa shape index (κ2) is 3.06. The zero-order chi connectivity index (χ0) is 8.55. The van der Waals surface area contributed by atoms with Crippen LogP contribution in [0.4, 0.5) is 0 Å². The molecule has 2 N–H and O–H groups in total. The van der Waals surface area contributed by atoms with E-state index >= 15 is 0 Å². The van der Waals surface area contributed by atoms with Gasteiger partial charge in [-0.05, 0) is 43.3 Å². The normalized spacial score (nSPS) is 28.8. The lowest BCUT2D eigenvalue weighted by Gasteiger charge is -2.22. The molecule has 1 nitrogen and oxygen atoms in total. The Bertz CT molecular complexity index is 248. The summed E-state index contributed by atoms with van der Waals surface area (Å²) in [5.74, 6) is 0. The Morgan fingerprint density at radius 3 is 3.17 bits per heavy atom. The molecule has 1 heteroatoms. The van der Waals surface area contributed by atoms with Gasteiger partial charge in [-0.25, -0.2) is 0 Å². The van der Waals surface area contributed by atoms with Gasteiger partial charge >= 0.3 is 0 Å². The van der Waals surface area contributed by atoms with Crippen molar-refractivity contribution in [2.24, 2.45) is 5.73 Å². The van der Waals surface area contributed by atoms with E-state index in [2.05, 4.69) is 13.0 Å². The predicted molar refractivity (Wildman–Crippen MR) is 51.8 cm³/mol. The average Bonchev–Trinajstić information content (AvgIpc) is 2.46. The minimum absolute atomic E-state index is 0.428. The van der Waals surface area contributed by atoms with Crippen molar-refractivity contribution in [2.45, 2.75) is 45.1 Å². The Kier molecular flexibility index (Phi) is 2.05. The van der Waals surface area contributed by atoms with Crippen LogP contribution in [0.1, 0.15) is 39.0 Å². The molecule has 2 rings (SSSR count). The molecule has 0 saturated carbocycles. The average molecular weight is 163 g/mol. The number of rotatable bonds is 1. The van der Waals surface area contributed by atoms with Gasteiger partial charge in [0.05, 0.1) is 0 Å². The van der Waals surface area contributed by atoms with Gasteiger partial charge in [-0.3, -0.25) is 0 Å². The second-order valence-corrected chi connectivity index (χ2v) is 3.87. The summed E-state index contributed by atoms with van der Waals surface area (Å²) in [4.78, 5) is 0. The molecule has 1 unspecified atom stereocenters. The van der Waals surface area contributed by atoms with Gasteiger partial charge < -0.3 is 5.73 Å². The fraction of sp³-hybridized carbons (Fsp3) is 0.636. The highest BCUT2D eigenvalue weighted by Gasteiger charge is 2.22. The van der Waals surface area contributed by atoms with Crippen LogP contribution in [0.5, 0.6) is 0 Å². The van der Waals surface area contributed by atoms with Crippen LogP contribution in [0.3, 0.4) is 0 Å². The molecule has 0 radical (unpaired) electrons. The van der Waals surface area contributed by atoms with Crippen molar-refractivity contribution in [1.29, 1.82) is 0 Å². The third-order valence-corrected chi connectivity index (χ3v) is 3.07. The van der Waals surface area contributed by atoms with Crippen molar-refractivity contribution in [3.05, 3.63) is 22.8 Å². The van der Waals surface area contributed by atoms with Gasteiger partial charge in [0.25, 0.3) is 0 Å². The number of hydrogen-bond donors (Lipinski definition) is 1. The van der Waals surface area contributed by atoms with Gasteiger partial charge in [0, 0.05) is 6.04 Å². The van der Waals surface area contributed by atoms with Crippen molar-refractivity contribution in [3.8, 4) is 0 Å². The monoisotopic (exact) mass is 163 g/mol. The summed E-state index contributed by atoms with van der Waals surface area (Å²) in [6.45, 7) is 2.24. The maximum atomic E-state index is 5.95. The van der Waals surface area contributed by atoms with Crippen molar-refractivity contribution in [1.82, 2.24) is 0 Å². The molecule has 0 fully saturated rings. The van der Waals surface area contributed by atoms with Gasteiger partial charge in [0.15, 0.2) is 0 Å². The maximum absolute atomic E-state index is 5.95. The van der Waals surface area contributed by atoms with E-state index in [4.69, 9.17) is 5.73 Å². The zero-order valence-corrected chi connectivity index (χ0v) is 7.77. The summed E-state index contributed by atoms with van der Waals surface area (Å²) < 4.78 is 0. The fourth-order valence-electron chi connectivity index (χ4n) is 2.33. The summed E-state index contributed by atoms with van der Waals surface area (Å²) in [5, 5.41) is 0. The van der Waals surface area contributed by atoms with Crippen LogP contribution in [0, 0.1) is 0 Å². The maximum Gasteiger partial charge on any atom is 0.00824 e. The van der Waals surface area contributed by atoms with Crippen LogP contribution in [0.25, 0.3) is 0 Å². The first kappa shape index (κ1) is 8.06. The lowest BCUT2D eigenvalue weighted by Crippen LogP contribution is -2.24. The number of hydrogen-bond acceptors (Lipinski definition) is 1. The van der Waals surface area contributed by atoms with E-state index in [1.165, 1.54) is 25.7 Å². The summed E-state index contributed by atoms with van der Waals surface area (Å²) in [7, 11) is 0. The van der Waals surface area contributed by atoms with Crippen molar-refractivity contribution >= 4 is 0 Å². The molecule has 12 heavy (non-hydrogen) atoms. The van der Waals surface area contributed by atoms with Crippen LogP contribution >= 0.6 is 0 Å². The molecular weight excluding hydrogens is 146 g/mol. The predicted octanol–water partition coefficient (Wildman–Crippen LogP) is 2.53. The fourth-order valence-corrected chi connectivity index (χ4v) is 2.33. The summed E-state index contributed by atoms with van der Waals surface area (Å²) >= 11 is 0. The third kappa shape index (κ3) is 1.22. The molecule has 0 aliphatic heterocycles. The van der Waals surface area contributed by atoms with E-state index in [1.54, 1.807) is 16.7 Å². The zero-order valence-electron chi connectivity index (χ0n) is 7.77. The van der Waals surface area contributed by atoms with Crippen molar-refractivity contribution in [2.75, 3.05) is 0 Å². The van der Waals surface area contributed by atoms with Crippen LogP contribution in [0.2, 0.25) is 0 Å². The van der Waals surface area contributed by atoms with Crippen LogP contribution in [-0.2, 0) is 0 Å². The standard InChI is InChI=1S/C11H17N/c1-2-8-3-4-9-5-6-10(12)7-11(8)9/h3,10H,2,4-7,12H2,1H3. The van der Waals surface area contributed by atoms with E-state index < -0.39 is 0 Å². The van der Waals surface area contributed by atoms with E-state index in [-0.39, 0.29) is 0 Å². The van der Waals surface area contributed by atoms with Gasteiger partial charge in [-0.1, -0.05) is 18.6 Å². The molecule has 0 spiro atoms.